The van der Waals surface area contributed by atoms with E-state index in [9.17, 15) is 4.79 Å². The van der Waals surface area contributed by atoms with Gasteiger partial charge in [0.05, 0.1) is 13.2 Å². The highest BCUT2D eigenvalue weighted by molar-refractivity contribution is 5.65. The molecule has 2 heterocycles. The van der Waals surface area contributed by atoms with Crippen LogP contribution in [0.4, 0.5) is 0 Å². The van der Waals surface area contributed by atoms with Crippen LogP contribution in [0.15, 0.2) is 0 Å². The van der Waals surface area contributed by atoms with Gasteiger partial charge in [0.25, 0.3) is 0 Å². The molecule has 2 aliphatic heterocycles. The van der Waals surface area contributed by atoms with Gasteiger partial charge in [0.2, 0.25) is 0 Å². The second-order valence-corrected chi connectivity index (χ2v) is 5.79. The number of fused-ring (bicyclic) bond motifs is 2. The number of ether oxygens (including phenoxy) is 1. The van der Waals surface area contributed by atoms with E-state index in [1.165, 1.54) is 19.8 Å². The average Bonchev–Trinajstić information content (AvgIpc) is 2.70. The van der Waals surface area contributed by atoms with Crippen LogP contribution in [0.2, 0.25) is 0 Å². The highest BCUT2D eigenvalue weighted by Crippen LogP contribution is 2.38. The first-order valence-electron chi connectivity index (χ1n) is 7.70. The normalized spacial score (nSPS) is 31.8. The molecule has 0 N–H and O–H groups in total. The number of carbonyl (C=O) groups excluding carboxylic acids is 1. The minimum atomic E-state index is -0.194. The summed E-state index contributed by atoms with van der Waals surface area (Å²) in [4.78, 5) is 16.6. The van der Waals surface area contributed by atoms with Gasteiger partial charge in [-0.1, -0.05) is 0 Å². The first kappa shape index (κ1) is 15.3. The maximum atomic E-state index is 10.8. The van der Waals surface area contributed by atoms with Gasteiger partial charge in [-0.15, -0.1) is 12.3 Å². The van der Waals surface area contributed by atoms with Gasteiger partial charge >= 0.3 is 5.97 Å². The lowest BCUT2D eigenvalue weighted by atomic mass is 9.85. The third kappa shape index (κ3) is 3.97. The van der Waals surface area contributed by atoms with Crippen molar-refractivity contribution in [3.05, 3.63) is 0 Å². The standard InChI is InChI=1S/C16H25NO3/c1-3-4-5-7-15-10-9-14-12-20-17(15)16(14)8-6-11-19-13(2)18/h1,14-16H,4-12H2,2H3/t14-,15-,16+/m1/s1. The summed E-state index contributed by atoms with van der Waals surface area (Å²) in [5, 5.41) is 2.22. The number of unbranched alkanes of at least 4 members (excludes halogenated alkanes) is 1. The lowest BCUT2D eigenvalue weighted by Crippen LogP contribution is -2.44. The van der Waals surface area contributed by atoms with E-state index < -0.39 is 0 Å². The first-order valence-corrected chi connectivity index (χ1v) is 7.70. The fourth-order valence-electron chi connectivity index (χ4n) is 3.36. The number of carbonyl (C=O) groups is 1. The quantitative estimate of drug-likeness (QED) is 0.408. The van der Waals surface area contributed by atoms with Crippen LogP contribution in [0.5, 0.6) is 0 Å². The van der Waals surface area contributed by atoms with Crippen LogP contribution < -0.4 is 0 Å². The van der Waals surface area contributed by atoms with Crippen molar-refractivity contribution in [3.8, 4) is 12.3 Å². The fraction of sp³-hybridized carbons (Fsp3) is 0.812. The van der Waals surface area contributed by atoms with Crippen molar-refractivity contribution < 1.29 is 14.4 Å². The number of piperidine rings is 1. The van der Waals surface area contributed by atoms with Gasteiger partial charge in [-0.05, 0) is 38.5 Å². The van der Waals surface area contributed by atoms with E-state index >= 15 is 0 Å². The van der Waals surface area contributed by atoms with Crippen LogP contribution in [0, 0.1) is 18.3 Å². The van der Waals surface area contributed by atoms with Gasteiger partial charge in [-0.25, -0.2) is 0 Å². The molecule has 4 nitrogen and oxygen atoms in total. The largest absolute Gasteiger partial charge is 0.466 e. The van der Waals surface area contributed by atoms with Crippen molar-refractivity contribution in [2.45, 2.75) is 64.0 Å². The third-order valence-corrected chi connectivity index (χ3v) is 4.35. The summed E-state index contributed by atoms with van der Waals surface area (Å²) in [6.45, 7) is 2.83. The van der Waals surface area contributed by atoms with E-state index in [-0.39, 0.29) is 5.97 Å². The molecule has 2 aliphatic rings. The topological polar surface area (TPSA) is 38.8 Å². The number of hydrogen-bond acceptors (Lipinski definition) is 4. The van der Waals surface area contributed by atoms with Gasteiger partial charge < -0.3 is 4.74 Å². The molecule has 0 aromatic carbocycles. The Morgan fingerprint density at radius 1 is 1.40 bits per heavy atom. The van der Waals surface area contributed by atoms with E-state index in [4.69, 9.17) is 16.0 Å². The molecular weight excluding hydrogens is 254 g/mol. The van der Waals surface area contributed by atoms with Crippen LogP contribution in [-0.2, 0) is 14.4 Å². The van der Waals surface area contributed by atoms with Crippen molar-refractivity contribution in [2.24, 2.45) is 5.92 Å². The summed E-state index contributed by atoms with van der Waals surface area (Å²) >= 11 is 0. The molecule has 0 aromatic rings. The molecule has 2 bridgehead atoms. The summed E-state index contributed by atoms with van der Waals surface area (Å²) < 4.78 is 5.01. The van der Waals surface area contributed by atoms with Gasteiger partial charge in [-0.3, -0.25) is 9.63 Å². The monoisotopic (exact) mass is 279 g/mol. The number of esters is 1. The molecule has 2 fully saturated rings. The van der Waals surface area contributed by atoms with Gasteiger partial charge in [0.1, 0.15) is 0 Å². The number of nitrogens with zero attached hydrogens (tertiary/aromatic N) is 1. The molecule has 0 aromatic heterocycles. The molecule has 0 radical (unpaired) electrons. The second kappa shape index (κ2) is 7.66. The average molecular weight is 279 g/mol. The summed E-state index contributed by atoms with van der Waals surface area (Å²) in [6.07, 6.45) is 12.8. The van der Waals surface area contributed by atoms with Crippen LogP contribution in [-0.4, -0.2) is 36.3 Å². The third-order valence-electron chi connectivity index (χ3n) is 4.35. The summed E-state index contributed by atoms with van der Waals surface area (Å²) in [5.74, 6) is 3.16. The minimum absolute atomic E-state index is 0.194. The van der Waals surface area contributed by atoms with Crippen LogP contribution >= 0.6 is 0 Å². The number of terminal acetylenes is 1. The lowest BCUT2D eigenvalue weighted by Gasteiger charge is -2.37. The Labute approximate surface area is 121 Å². The van der Waals surface area contributed by atoms with Crippen molar-refractivity contribution in [1.29, 1.82) is 0 Å². The summed E-state index contributed by atoms with van der Waals surface area (Å²) in [7, 11) is 0. The van der Waals surface area contributed by atoms with Crippen molar-refractivity contribution in [3.63, 3.8) is 0 Å². The van der Waals surface area contributed by atoms with E-state index in [1.54, 1.807) is 0 Å². The molecule has 4 atom stereocenters. The molecule has 0 spiro atoms. The number of hydroxylamine groups is 2. The van der Waals surface area contributed by atoms with Gasteiger partial charge in [0, 0.05) is 31.3 Å². The molecule has 2 rings (SSSR count). The first-order chi connectivity index (χ1) is 9.72. The Morgan fingerprint density at radius 2 is 2.25 bits per heavy atom. The molecular formula is C16H25NO3. The molecule has 0 aliphatic carbocycles. The van der Waals surface area contributed by atoms with Gasteiger partial charge in [-0.2, -0.15) is 5.06 Å². The fourth-order valence-corrected chi connectivity index (χ4v) is 3.36. The van der Waals surface area contributed by atoms with E-state index in [0.717, 1.165) is 38.7 Å². The highest BCUT2D eigenvalue weighted by Gasteiger charge is 2.42. The van der Waals surface area contributed by atoms with Crippen molar-refractivity contribution in [1.82, 2.24) is 5.06 Å². The smallest absolute Gasteiger partial charge is 0.302 e. The Kier molecular flexibility index (Phi) is 5.87. The van der Waals surface area contributed by atoms with E-state index in [1.807, 2.05) is 0 Å². The Balaban J connectivity index is 1.77. The molecule has 112 valence electrons. The zero-order valence-corrected chi connectivity index (χ0v) is 12.3. The van der Waals surface area contributed by atoms with Crippen LogP contribution in [0.25, 0.3) is 0 Å². The second-order valence-electron chi connectivity index (χ2n) is 5.79. The maximum Gasteiger partial charge on any atom is 0.302 e. The Morgan fingerprint density at radius 3 is 3.00 bits per heavy atom. The van der Waals surface area contributed by atoms with Crippen LogP contribution in [0.1, 0.15) is 51.9 Å². The summed E-state index contributed by atoms with van der Waals surface area (Å²) in [5.41, 5.74) is 0. The molecule has 20 heavy (non-hydrogen) atoms. The molecule has 4 heteroatoms. The van der Waals surface area contributed by atoms with Gasteiger partial charge in [0.15, 0.2) is 0 Å². The Bertz CT molecular complexity index is 363. The number of hydrogen-bond donors (Lipinski definition) is 0. The predicted molar refractivity (Wildman–Crippen MR) is 76.6 cm³/mol. The highest BCUT2D eigenvalue weighted by atomic mass is 16.7. The summed E-state index contributed by atoms with van der Waals surface area (Å²) in [6, 6.07) is 1.01. The molecule has 2 saturated heterocycles. The zero-order valence-electron chi connectivity index (χ0n) is 12.3. The molecule has 0 amide bonds. The zero-order chi connectivity index (χ0) is 14.4. The minimum Gasteiger partial charge on any atom is -0.466 e. The maximum absolute atomic E-state index is 10.8. The van der Waals surface area contributed by atoms with Crippen molar-refractivity contribution >= 4 is 5.97 Å². The van der Waals surface area contributed by atoms with E-state index in [0.29, 0.717) is 24.6 Å². The van der Waals surface area contributed by atoms with Crippen molar-refractivity contribution in [2.75, 3.05) is 13.2 Å². The van der Waals surface area contributed by atoms with Crippen LogP contribution in [0.3, 0.4) is 0 Å². The predicted octanol–water partition coefficient (Wildman–Crippen LogP) is 2.53. The molecule has 0 saturated carbocycles. The molecule has 1 unspecified atom stereocenters. The Hall–Kier alpha value is -1.05. The lowest BCUT2D eigenvalue weighted by molar-refractivity contribution is -0.170. The number of rotatable bonds is 7. The van der Waals surface area contributed by atoms with E-state index in [2.05, 4.69) is 11.0 Å². The SMILES string of the molecule is C#CCCC[C@@H]1CC[C@@H]2CON1[C@H]2CCCOC(C)=O.